The van der Waals surface area contributed by atoms with E-state index in [9.17, 15) is 0 Å². The van der Waals surface area contributed by atoms with Crippen molar-refractivity contribution in [3.05, 3.63) is 41.3 Å². The molecule has 2 aromatic rings. The second-order valence-corrected chi connectivity index (χ2v) is 6.43. The molecular weight excluding hydrogens is 292 g/mol. The van der Waals surface area contributed by atoms with Crippen LogP contribution in [0.25, 0.3) is 0 Å². The van der Waals surface area contributed by atoms with Gasteiger partial charge in [0.25, 0.3) is 0 Å². The molecule has 1 aliphatic rings. The Kier molecular flexibility index (Phi) is 4.73. The first-order valence-electron chi connectivity index (χ1n) is 8.09. The van der Waals surface area contributed by atoms with Crippen LogP contribution < -0.4 is 0 Å². The first-order valence-corrected chi connectivity index (χ1v) is 8.09. The first kappa shape index (κ1) is 16.1. The quantitative estimate of drug-likeness (QED) is 0.845. The smallest absolute Gasteiger partial charge is 0.244 e. The molecular formula is C17H24N4O2. The SMILES string of the molecule is CO[C@@H]1C[C@H](c2nc(C)no2)N(Cc2cccc(C(C)C)n2)C1. The molecule has 23 heavy (non-hydrogen) atoms. The number of aromatic nitrogens is 3. The fraction of sp³-hybridized carbons (Fsp3) is 0.588. The molecule has 2 atom stereocenters. The Morgan fingerprint density at radius 3 is 2.83 bits per heavy atom. The molecule has 0 radical (unpaired) electrons. The van der Waals surface area contributed by atoms with Crippen molar-refractivity contribution in [3.8, 4) is 0 Å². The molecule has 3 heterocycles. The molecule has 3 rings (SSSR count). The van der Waals surface area contributed by atoms with Crippen LogP contribution >= 0.6 is 0 Å². The standard InChI is InChI=1S/C17H24N4O2/c1-11(2)15-7-5-6-13(19-15)9-21-10-14(22-4)8-16(21)17-18-12(3)20-23-17/h5-7,11,14,16H,8-10H2,1-4H3/t14-,16-/m1/s1. The number of rotatable bonds is 5. The van der Waals surface area contributed by atoms with Crippen molar-refractivity contribution in [3.63, 3.8) is 0 Å². The van der Waals surface area contributed by atoms with Crippen molar-refractivity contribution in [1.82, 2.24) is 20.0 Å². The average molecular weight is 316 g/mol. The highest BCUT2D eigenvalue weighted by Gasteiger charge is 2.36. The fourth-order valence-electron chi connectivity index (χ4n) is 3.03. The van der Waals surface area contributed by atoms with E-state index in [1.54, 1.807) is 7.11 Å². The summed E-state index contributed by atoms with van der Waals surface area (Å²) in [7, 11) is 1.75. The molecule has 0 aliphatic carbocycles. The molecule has 1 aliphatic heterocycles. The maximum Gasteiger partial charge on any atom is 0.244 e. The van der Waals surface area contributed by atoms with Gasteiger partial charge in [-0.1, -0.05) is 25.1 Å². The van der Waals surface area contributed by atoms with E-state index in [2.05, 4.69) is 47.1 Å². The Morgan fingerprint density at radius 1 is 1.35 bits per heavy atom. The minimum Gasteiger partial charge on any atom is -0.380 e. The molecule has 0 aromatic carbocycles. The summed E-state index contributed by atoms with van der Waals surface area (Å²) < 4.78 is 10.9. The first-order chi connectivity index (χ1) is 11.1. The minimum atomic E-state index is 0.0886. The van der Waals surface area contributed by atoms with E-state index in [4.69, 9.17) is 14.2 Å². The summed E-state index contributed by atoms with van der Waals surface area (Å²) >= 11 is 0. The Bertz CT molecular complexity index is 656. The topological polar surface area (TPSA) is 64.3 Å². The Balaban J connectivity index is 1.80. The highest BCUT2D eigenvalue weighted by molar-refractivity contribution is 5.14. The van der Waals surface area contributed by atoms with Crippen LogP contribution in [0, 0.1) is 6.92 Å². The summed E-state index contributed by atoms with van der Waals surface area (Å²) in [5.41, 5.74) is 2.18. The van der Waals surface area contributed by atoms with Crippen molar-refractivity contribution in [2.45, 2.75) is 51.8 Å². The van der Waals surface area contributed by atoms with Crippen LogP contribution in [0.1, 0.15) is 55.3 Å². The fourth-order valence-corrected chi connectivity index (χ4v) is 3.03. The summed E-state index contributed by atoms with van der Waals surface area (Å²) in [6.45, 7) is 7.76. The molecule has 124 valence electrons. The molecule has 0 bridgehead atoms. The Hall–Kier alpha value is -1.79. The third-order valence-corrected chi connectivity index (χ3v) is 4.31. The highest BCUT2D eigenvalue weighted by atomic mass is 16.5. The van der Waals surface area contributed by atoms with E-state index in [0.717, 1.165) is 30.9 Å². The molecule has 0 spiro atoms. The van der Waals surface area contributed by atoms with E-state index < -0.39 is 0 Å². The summed E-state index contributed by atoms with van der Waals surface area (Å²) in [6.07, 6.45) is 1.04. The third kappa shape index (κ3) is 3.59. The number of hydrogen-bond donors (Lipinski definition) is 0. The molecule has 6 nitrogen and oxygen atoms in total. The van der Waals surface area contributed by atoms with Crippen LogP contribution in [-0.4, -0.2) is 39.8 Å². The lowest BCUT2D eigenvalue weighted by atomic mass is 10.1. The monoisotopic (exact) mass is 316 g/mol. The largest absolute Gasteiger partial charge is 0.380 e. The second-order valence-electron chi connectivity index (χ2n) is 6.43. The number of pyridine rings is 1. The van der Waals surface area contributed by atoms with Gasteiger partial charge in [-0.25, -0.2) is 0 Å². The van der Waals surface area contributed by atoms with E-state index in [-0.39, 0.29) is 12.1 Å². The van der Waals surface area contributed by atoms with Crippen molar-refractivity contribution in [1.29, 1.82) is 0 Å². The number of nitrogens with zero attached hydrogens (tertiary/aromatic N) is 4. The molecule has 0 unspecified atom stereocenters. The summed E-state index contributed by atoms with van der Waals surface area (Å²) in [4.78, 5) is 11.5. The van der Waals surface area contributed by atoms with Crippen molar-refractivity contribution < 1.29 is 9.26 Å². The Morgan fingerprint density at radius 2 is 2.17 bits per heavy atom. The van der Waals surface area contributed by atoms with Crippen LogP contribution in [0.5, 0.6) is 0 Å². The molecule has 6 heteroatoms. The van der Waals surface area contributed by atoms with Crippen molar-refractivity contribution >= 4 is 0 Å². The van der Waals surface area contributed by atoms with Crippen molar-refractivity contribution in [2.75, 3.05) is 13.7 Å². The molecule has 1 saturated heterocycles. The van der Waals surface area contributed by atoms with Crippen LogP contribution in [-0.2, 0) is 11.3 Å². The number of aryl methyl sites for hydroxylation is 1. The molecule has 0 saturated carbocycles. The lowest BCUT2D eigenvalue weighted by molar-refractivity contribution is 0.107. The third-order valence-electron chi connectivity index (χ3n) is 4.31. The lowest BCUT2D eigenvalue weighted by Gasteiger charge is -2.21. The number of hydrogen-bond acceptors (Lipinski definition) is 6. The highest BCUT2D eigenvalue weighted by Crippen LogP contribution is 2.33. The minimum absolute atomic E-state index is 0.0886. The Labute approximate surface area is 136 Å². The van der Waals surface area contributed by atoms with Crippen LogP contribution in [0.3, 0.4) is 0 Å². The second kappa shape index (κ2) is 6.76. The van der Waals surface area contributed by atoms with Crippen LogP contribution in [0.2, 0.25) is 0 Å². The van der Waals surface area contributed by atoms with Crippen LogP contribution in [0.4, 0.5) is 0 Å². The van der Waals surface area contributed by atoms with E-state index in [1.165, 1.54) is 0 Å². The molecule has 0 amide bonds. The van der Waals surface area contributed by atoms with Gasteiger partial charge >= 0.3 is 0 Å². The van der Waals surface area contributed by atoms with Gasteiger partial charge in [0.1, 0.15) is 0 Å². The number of methoxy groups -OCH3 is 1. The molecule has 2 aromatic heterocycles. The molecule has 0 N–H and O–H groups in total. The van der Waals surface area contributed by atoms with Crippen molar-refractivity contribution in [2.24, 2.45) is 0 Å². The lowest BCUT2D eigenvalue weighted by Crippen LogP contribution is -2.25. The van der Waals surface area contributed by atoms with Gasteiger partial charge < -0.3 is 9.26 Å². The van der Waals surface area contributed by atoms with Gasteiger partial charge in [-0.2, -0.15) is 4.98 Å². The summed E-state index contributed by atoms with van der Waals surface area (Å²) in [5, 5.41) is 3.92. The van der Waals surface area contributed by atoms with E-state index >= 15 is 0 Å². The van der Waals surface area contributed by atoms with Gasteiger partial charge in [-0.3, -0.25) is 9.88 Å². The van der Waals surface area contributed by atoms with Gasteiger partial charge in [0.05, 0.1) is 17.8 Å². The van der Waals surface area contributed by atoms with Crippen LogP contribution in [0.15, 0.2) is 22.7 Å². The van der Waals surface area contributed by atoms with Gasteiger partial charge in [0, 0.05) is 25.9 Å². The summed E-state index contributed by atoms with van der Waals surface area (Å²) in [5.74, 6) is 1.76. The maximum atomic E-state index is 5.55. The average Bonchev–Trinajstić information content (AvgIpc) is 3.13. The zero-order chi connectivity index (χ0) is 16.4. The van der Waals surface area contributed by atoms with E-state index in [1.807, 2.05) is 6.92 Å². The van der Waals surface area contributed by atoms with E-state index in [0.29, 0.717) is 17.6 Å². The predicted molar refractivity (Wildman–Crippen MR) is 85.9 cm³/mol. The van der Waals surface area contributed by atoms with Gasteiger partial charge in [0.2, 0.25) is 5.89 Å². The van der Waals surface area contributed by atoms with Gasteiger partial charge in [0.15, 0.2) is 5.82 Å². The van der Waals surface area contributed by atoms with Gasteiger partial charge in [-0.05, 0) is 31.4 Å². The molecule has 1 fully saturated rings. The number of likely N-dealkylation sites (tertiary alicyclic amines) is 1. The summed E-state index contributed by atoms with van der Waals surface area (Å²) in [6, 6.07) is 6.32. The van der Waals surface area contributed by atoms with Gasteiger partial charge in [-0.15, -0.1) is 0 Å². The zero-order valence-electron chi connectivity index (χ0n) is 14.2. The number of ether oxygens (including phenoxy) is 1. The maximum absolute atomic E-state index is 5.55. The zero-order valence-corrected chi connectivity index (χ0v) is 14.2. The predicted octanol–water partition coefficient (Wildman–Crippen LogP) is 2.86. The normalized spacial score (nSPS) is 22.1.